The zero-order valence-corrected chi connectivity index (χ0v) is 15.1. The summed E-state index contributed by atoms with van der Waals surface area (Å²) in [6, 6.07) is 25.5. The van der Waals surface area contributed by atoms with Crippen LogP contribution in [0.5, 0.6) is 11.5 Å². The highest BCUT2D eigenvalue weighted by molar-refractivity contribution is 5.93. The maximum Gasteiger partial charge on any atom is 0.238 e. The van der Waals surface area contributed by atoms with Gasteiger partial charge < -0.3 is 10.1 Å². The van der Waals surface area contributed by atoms with E-state index in [0.717, 1.165) is 25.3 Å². The summed E-state index contributed by atoms with van der Waals surface area (Å²) in [6.07, 6.45) is 0.983. The molecule has 1 N–H and O–H groups in total. The number of hydrogen-bond acceptors (Lipinski definition) is 3. The second kappa shape index (κ2) is 8.06. The summed E-state index contributed by atoms with van der Waals surface area (Å²) >= 11 is 0. The van der Waals surface area contributed by atoms with E-state index >= 15 is 0 Å². The molecule has 0 unspecified atom stereocenters. The van der Waals surface area contributed by atoms with Crippen molar-refractivity contribution in [2.24, 2.45) is 0 Å². The van der Waals surface area contributed by atoms with Crippen molar-refractivity contribution in [2.75, 3.05) is 18.4 Å². The topological polar surface area (TPSA) is 41.6 Å². The van der Waals surface area contributed by atoms with Gasteiger partial charge in [0.05, 0.1) is 12.2 Å². The minimum Gasteiger partial charge on any atom is -0.455 e. The van der Waals surface area contributed by atoms with Crippen molar-refractivity contribution in [3.8, 4) is 11.5 Å². The van der Waals surface area contributed by atoms with Crippen molar-refractivity contribution in [1.82, 2.24) is 4.90 Å². The summed E-state index contributed by atoms with van der Waals surface area (Å²) in [6.45, 7) is 2.08. The van der Waals surface area contributed by atoms with Crippen molar-refractivity contribution >= 4 is 11.6 Å². The maximum atomic E-state index is 12.6. The summed E-state index contributed by atoms with van der Waals surface area (Å²) < 4.78 is 5.92. The molecule has 1 aliphatic heterocycles. The highest BCUT2D eigenvalue weighted by Gasteiger charge is 2.18. The number of fused-ring (bicyclic) bond motifs is 1. The second-order valence-electron chi connectivity index (χ2n) is 6.69. The van der Waals surface area contributed by atoms with Gasteiger partial charge >= 0.3 is 0 Å². The lowest BCUT2D eigenvalue weighted by Gasteiger charge is -2.28. The van der Waals surface area contributed by atoms with Crippen molar-refractivity contribution in [2.45, 2.75) is 13.0 Å². The number of ether oxygens (including phenoxy) is 1. The van der Waals surface area contributed by atoms with Gasteiger partial charge in [-0.05, 0) is 41.8 Å². The van der Waals surface area contributed by atoms with Crippen LogP contribution in [-0.4, -0.2) is 23.9 Å². The smallest absolute Gasteiger partial charge is 0.238 e. The number of carbonyl (C=O) groups is 1. The summed E-state index contributed by atoms with van der Waals surface area (Å²) in [5.41, 5.74) is 3.38. The average Bonchev–Trinajstić information content (AvgIpc) is 2.70. The predicted molar refractivity (Wildman–Crippen MR) is 107 cm³/mol. The van der Waals surface area contributed by atoms with Gasteiger partial charge in [-0.15, -0.1) is 0 Å². The molecule has 0 aliphatic carbocycles. The van der Waals surface area contributed by atoms with E-state index < -0.39 is 0 Å². The van der Waals surface area contributed by atoms with Crippen LogP contribution in [0.25, 0.3) is 0 Å². The lowest BCUT2D eigenvalue weighted by atomic mass is 10.00. The number of rotatable bonds is 5. The van der Waals surface area contributed by atoms with Crippen LogP contribution >= 0.6 is 0 Å². The Balaban J connectivity index is 1.40. The number of benzene rings is 3. The van der Waals surface area contributed by atoms with Gasteiger partial charge in [0.2, 0.25) is 5.91 Å². The van der Waals surface area contributed by atoms with Gasteiger partial charge in [0.15, 0.2) is 5.75 Å². The van der Waals surface area contributed by atoms with E-state index in [-0.39, 0.29) is 5.91 Å². The number of amides is 1. The SMILES string of the molecule is O=C(CN1CCc2ccccc2C1)Nc1ccccc1Oc1ccccc1. The van der Waals surface area contributed by atoms with E-state index in [1.165, 1.54) is 11.1 Å². The number of anilines is 1. The summed E-state index contributed by atoms with van der Waals surface area (Å²) in [5, 5.41) is 3.00. The number of carbonyl (C=O) groups excluding carboxylic acids is 1. The van der Waals surface area contributed by atoms with Crippen molar-refractivity contribution in [3.63, 3.8) is 0 Å². The van der Waals surface area contributed by atoms with Gasteiger partial charge in [0, 0.05) is 13.1 Å². The Hall–Kier alpha value is -3.11. The first-order valence-electron chi connectivity index (χ1n) is 9.19. The maximum absolute atomic E-state index is 12.6. The Morgan fingerprint density at radius 3 is 2.44 bits per heavy atom. The van der Waals surface area contributed by atoms with Crippen LogP contribution in [0, 0.1) is 0 Å². The summed E-state index contributed by atoms with van der Waals surface area (Å²) in [5.74, 6) is 1.35. The normalized spacial score (nSPS) is 13.6. The van der Waals surface area contributed by atoms with E-state index in [4.69, 9.17) is 4.74 Å². The molecular weight excluding hydrogens is 336 g/mol. The van der Waals surface area contributed by atoms with Crippen molar-refractivity contribution in [1.29, 1.82) is 0 Å². The Morgan fingerprint density at radius 2 is 1.59 bits per heavy atom. The number of para-hydroxylation sites is 3. The third-order valence-electron chi connectivity index (χ3n) is 4.71. The first kappa shape index (κ1) is 17.3. The quantitative estimate of drug-likeness (QED) is 0.731. The van der Waals surface area contributed by atoms with Crippen molar-refractivity contribution < 1.29 is 9.53 Å². The molecule has 0 radical (unpaired) electrons. The zero-order valence-electron chi connectivity index (χ0n) is 15.1. The molecule has 4 rings (SSSR count). The van der Waals surface area contributed by atoms with Crippen LogP contribution < -0.4 is 10.1 Å². The Labute approximate surface area is 159 Å². The molecule has 0 aromatic heterocycles. The Bertz CT molecular complexity index is 924. The van der Waals surface area contributed by atoms with Gasteiger partial charge in [-0.25, -0.2) is 0 Å². The molecule has 0 spiro atoms. The Morgan fingerprint density at radius 1 is 0.889 bits per heavy atom. The molecule has 27 heavy (non-hydrogen) atoms. The van der Waals surface area contributed by atoms with Crippen LogP contribution in [0.1, 0.15) is 11.1 Å². The molecule has 3 aromatic rings. The molecule has 0 atom stereocenters. The summed E-state index contributed by atoms with van der Waals surface area (Å²) in [4.78, 5) is 14.8. The fourth-order valence-corrected chi connectivity index (χ4v) is 3.36. The number of nitrogens with zero attached hydrogens (tertiary/aromatic N) is 1. The molecule has 0 saturated heterocycles. The largest absolute Gasteiger partial charge is 0.455 e. The van der Waals surface area contributed by atoms with E-state index in [9.17, 15) is 4.79 Å². The molecule has 4 heteroatoms. The van der Waals surface area contributed by atoms with Gasteiger partial charge in [-0.1, -0.05) is 54.6 Å². The van der Waals surface area contributed by atoms with Crippen LogP contribution in [0.3, 0.4) is 0 Å². The van der Waals surface area contributed by atoms with Gasteiger partial charge in [-0.3, -0.25) is 9.69 Å². The highest BCUT2D eigenvalue weighted by atomic mass is 16.5. The minimum atomic E-state index is -0.0292. The van der Waals surface area contributed by atoms with Crippen LogP contribution in [0.2, 0.25) is 0 Å². The average molecular weight is 358 g/mol. The molecule has 0 fully saturated rings. The fraction of sp³-hybridized carbons (Fsp3) is 0.174. The van der Waals surface area contributed by atoms with Gasteiger partial charge in [0.25, 0.3) is 0 Å². The zero-order chi connectivity index (χ0) is 18.5. The van der Waals surface area contributed by atoms with Crippen LogP contribution in [0.4, 0.5) is 5.69 Å². The lowest BCUT2D eigenvalue weighted by molar-refractivity contribution is -0.117. The first-order chi connectivity index (χ1) is 13.3. The van der Waals surface area contributed by atoms with Crippen LogP contribution in [-0.2, 0) is 17.8 Å². The minimum absolute atomic E-state index is 0.0292. The molecule has 136 valence electrons. The molecule has 1 aliphatic rings. The third-order valence-corrected chi connectivity index (χ3v) is 4.71. The molecule has 0 saturated carbocycles. The highest BCUT2D eigenvalue weighted by Crippen LogP contribution is 2.29. The van der Waals surface area contributed by atoms with Crippen LogP contribution in [0.15, 0.2) is 78.9 Å². The Kier molecular flexibility index (Phi) is 5.17. The number of nitrogens with one attached hydrogen (secondary N) is 1. The molecule has 1 amide bonds. The lowest BCUT2D eigenvalue weighted by Crippen LogP contribution is -2.37. The van der Waals surface area contributed by atoms with Gasteiger partial charge in [-0.2, -0.15) is 0 Å². The number of hydrogen-bond donors (Lipinski definition) is 1. The standard InChI is InChI=1S/C23H22N2O2/c26-23(17-25-15-14-18-8-4-5-9-19(18)16-25)24-21-12-6-7-13-22(21)27-20-10-2-1-3-11-20/h1-13H,14-17H2,(H,24,26). The van der Waals surface area contributed by atoms with Crippen molar-refractivity contribution in [3.05, 3.63) is 90.0 Å². The molecular formula is C23H22N2O2. The fourth-order valence-electron chi connectivity index (χ4n) is 3.36. The summed E-state index contributed by atoms with van der Waals surface area (Å²) in [7, 11) is 0. The third kappa shape index (κ3) is 4.36. The van der Waals surface area contributed by atoms with Gasteiger partial charge in [0.1, 0.15) is 5.75 Å². The predicted octanol–water partition coefficient (Wildman–Crippen LogP) is 4.48. The van der Waals surface area contributed by atoms with E-state index in [1.54, 1.807) is 0 Å². The van der Waals surface area contributed by atoms with E-state index in [2.05, 4.69) is 34.5 Å². The first-order valence-corrected chi connectivity index (χ1v) is 9.19. The second-order valence-corrected chi connectivity index (χ2v) is 6.69. The molecule has 1 heterocycles. The molecule has 3 aromatic carbocycles. The van der Waals surface area contributed by atoms with E-state index in [1.807, 2.05) is 54.6 Å². The molecule has 0 bridgehead atoms. The van der Waals surface area contributed by atoms with E-state index in [0.29, 0.717) is 18.0 Å². The molecule has 4 nitrogen and oxygen atoms in total. The monoisotopic (exact) mass is 358 g/mol.